The Hall–Kier alpha value is -2.76. The maximum atomic E-state index is 12.7. The predicted octanol–water partition coefficient (Wildman–Crippen LogP) is 2.82. The summed E-state index contributed by atoms with van der Waals surface area (Å²) < 4.78 is 0. The number of nitrogens with zero attached hydrogens (tertiary/aromatic N) is 4. The lowest BCUT2D eigenvalue weighted by atomic mass is 10.1. The molecule has 4 rings (SSSR count). The lowest BCUT2D eigenvalue weighted by Gasteiger charge is -2.39. The lowest BCUT2D eigenvalue weighted by Crippen LogP contribution is -2.57. The smallest absolute Gasteiger partial charge is 0.312 e. The minimum atomic E-state index is -0.434. The van der Waals surface area contributed by atoms with Crippen molar-refractivity contribution in [1.29, 1.82) is 0 Å². The van der Waals surface area contributed by atoms with Gasteiger partial charge in [0, 0.05) is 37.1 Å². The quantitative estimate of drug-likeness (QED) is 0.783. The number of amides is 2. The molecule has 0 spiro atoms. The highest BCUT2D eigenvalue weighted by Crippen LogP contribution is 2.27. The van der Waals surface area contributed by atoms with Crippen molar-refractivity contribution in [2.24, 2.45) is 0 Å². The number of hydrogen-bond donors (Lipinski definition) is 0. The van der Waals surface area contributed by atoms with E-state index in [0.717, 1.165) is 36.8 Å². The minimum Gasteiger partial charge on any atom is -0.330 e. The van der Waals surface area contributed by atoms with E-state index in [0.29, 0.717) is 18.9 Å². The molecule has 2 heterocycles. The Labute approximate surface area is 159 Å². The van der Waals surface area contributed by atoms with Crippen molar-refractivity contribution in [3.8, 4) is 11.1 Å². The van der Waals surface area contributed by atoms with Crippen LogP contribution in [-0.2, 0) is 9.59 Å². The molecule has 27 heavy (non-hydrogen) atoms. The van der Waals surface area contributed by atoms with E-state index in [9.17, 15) is 9.59 Å². The van der Waals surface area contributed by atoms with Crippen LogP contribution in [0.15, 0.2) is 42.7 Å². The molecule has 2 aromatic rings. The van der Waals surface area contributed by atoms with Gasteiger partial charge in [0.25, 0.3) is 0 Å². The van der Waals surface area contributed by atoms with E-state index in [1.54, 1.807) is 22.2 Å². The minimum absolute atomic E-state index is 0.236. The zero-order valence-electron chi connectivity index (χ0n) is 15.5. The monoisotopic (exact) mass is 364 g/mol. The van der Waals surface area contributed by atoms with E-state index in [-0.39, 0.29) is 18.0 Å². The summed E-state index contributed by atoms with van der Waals surface area (Å²) >= 11 is 0. The van der Waals surface area contributed by atoms with E-state index < -0.39 is 5.91 Å². The second-order valence-electron chi connectivity index (χ2n) is 7.31. The van der Waals surface area contributed by atoms with Crippen LogP contribution in [0.2, 0.25) is 0 Å². The first-order valence-corrected chi connectivity index (χ1v) is 9.64. The van der Waals surface area contributed by atoms with Crippen LogP contribution < -0.4 is 0 Å². The molecule has 0 radical (unpaired) electrons. The van der Waals surface area contributed by atoms with Gasteiger partial charge in [0.1, 0.15) is 5.82 Å². The molecule has 2 fully saturated rings. The Morgan fingerprint density at radius 1 is 0.926 bits per heavy atom. The summed E-state index contributed by atoms with van der Waals surface area (Å²) in [5.41, 5.74) is 1.98. The molecular formula is C21H24N4O2. The van der Waals surface area contributed by atoms with E-state index in [2.05, 4.69) is 9.97 Å². The van der Waals surface area contributed by atoms with Crippen LogP contribution in [0.5, 0.6) is 0 Å². The Kier molecular flexibility index (Phi) is 4.88. The van der Waals surface area contributed by atoms with Crippen molar-refractivity contribution in [3.05, 3.63) is 48.5 Å². The van der Waals surface area contributed by atoms with Crippen molar-refractivity contribution in [3.63, 3.8) is 0 Å². The molecular weight excluding hydrogens is 340 g/mol. The Balaban J connectivity index is 1.47. The third-order valence-corrected chi connectivity index (χ3v) is 5.67. The van der Waals surface area contributed by atoms with Crippen LogP contribution in [0, 0.1) is 0 Å². The molecule has 0 unspecified atom stereocenters. The fourth-order valence-electron chi connectivity index (χ4n) is 4.07. The molecule has 0 bridgehead atoms. The first kappa shape index (κ1) is 17.6. The van der Waals surface area contributed by atoms with Gasteiger partial charge in [-0.2, -0.15) is 0 Å². The van der Waals surface area contributed by atoms with Crippen molar-refractivity contribution >= 4 is 11.8 Å². The molecule has 0 N–H and O–H groups in total. The highest BCUT2D eigenvalue weighted by molar-refractivity contribution is 6.35. The van der Waals surface area contributed by atoms with Crippen LogP contribution in [-0.4, -0.2) is 50.7 Å². The summed E-state index contributed by atoms with van der Waals surface area (Å²) in [4.78, 5) is 37.6. The summed E-state index contributed by atoms with van der Waals surface area (Å²) in [7, 11) is 0. The maximum Gasteiger partial charge on any atom is 0.312 e. The molecule has 2 amide bonds. The van der Waals surface area contributed by atoms with Gasteiger partial charge in [0.15, 0.2) is 0 Å². The third-order valence-electron chi connectivity index (χ3n) is 5.67. The highest BCUT2D eigenvalue weighted by Gasteiger charge is 2.39. The second-order valence-corrected chi connectivity index (χ2v) is 7.31. The van der Waals surface area contributed by atoms with Gasteiger partial charge in [-0.3, -0.25) is 9.59 Å². The molecule has 1 saturated carbocycles. The number of benzene rings is 1. The average molecular weight is 364 g/mol. The standard InChI is InChI=1S/C21H24N4O2/c1-15(19-22-13-17(14-23-19)16-7-3-2-4-8-16)24-11-12-25(21(27)20(24)26)18-9-5-6-10-18/h2-4,7-8,13-15,18H,5-6,9-12H2,1H3/t15-/m1/s1. The van der Waals surface area contributed by atoms with Gasteiger partial charge < -0.3 is 9.80 Å². The van der Waals surface area contributed by atoms with Gasteiger partial charge in [-0.1, -0.05) is 43.2 Å². The van der Waals surface area contributed by atoms with Crippen LogP contribution in [0.4, 0.5) is 0 Å². The van der Waals surface area contributed by atoms with Gasteiger partial charge in [-0.25, -0.2) is 9.97 Å². The van der Waals surface area contributed by atoms with Crippen molar-refractivity contribution in [2.45, 2.75) is 44.7 Å². The number of rotatable bonds is 4. The number of hydrogen-bond acceptors (Lipinski definition) is 4. The molecule has 1 aliphatic carbocycles. The Morgan fingerprint density at radius 3 is 2.26 bits per heavy atom. The van der Waals surface area contributed by atoms with Crippen molar-refractivity contribution in [1.82, 2.24) is 19.8 Å². The first-order valence-electron chi connectivity index (χ1n) is 9.64. The van der Waals surface area contributed by atoms with Gasteiger partial charge in [-0.15, -0.1) is 0 Å². The van der Waals surface area contributed by atoms with Crippen LogP contribution in [0.25, 0.3) is 11.1 Å². The van der Waals surface area contributed by atoms with Crippen LogP contribution in [0.3, 0.4) is 0 Å². The van der Waals surface area contributed by atoms with Gasteiger partial charge >= 0.3 is 11.8 Å². The van der Waals surface area contributed by atoms with Crippen molar-refractivity contribution < 1.29 is 9.59 Å². The summed E-state index contributed by atoms with van der Waals surface area (Å²) in [6, 6.07) is 9.84. The van der Waals surface area contributed by atoms with E-state index >= 15 is 0 Å². The molecule has 6 nitrogen and oxygen atoms in total. The summed E-state index contributed by atoms with van der Waals surface area (Å²) in [5, 5.41) is 0. The zero-order chi connectivity index (χ0) is 18.8. The molecule has 2 aliphatic rings. The third kappa shape index (κ3) is 3.44. The molecule has 1 atom stereocenters. The fraction of sp³-hybridized carbons (Fsp3) is 0.429. The van der Waals surface area contributed by atoms with Crippen LogP contribution >= 0.6 is 0 Å². The van der Waals surface area contributed by atoms with E-state index in [1.165, 1.54) is 0 Å². The molecule has 1 aromatic carbocycles. The van der Waals surface area contributed by atoms with Gasteiger partial charge in [-0.05, 0) is 25.3 Å². The Bertz CT molecular complexity index is 816. The predicted molar refractivity (Wildman–Crippen MR) is 102 cm³/mol. The summed E-state index contributed by atoms with van der Waals surface area (Å²) in [6.07, 6.45) is 7.86. The first-order chi connectivity index (χ1) is 13.1. The van der Waals surface area contributed by atoms with E-state index in [4.69, 9.17) is 0 Å². The molecule has 140 valence electrons. The number of piperazine rings is 1. The Morgan fingerprint density at radius 2 is 1.59 bits per heavy atom. The zero-order valence-corrected chi connectivity index (χ0v) is 15.5. The second kappa shape index (κ2) is 7.47. The van der Waals surface area contributed by atoms with Gasteiger partial charge in [0.2, 0.25) is 0 Å². The fourth-order valence-corrected chi connectivity index (χ4v) is 4.07. The normalized spacial score (nSPS) is 19.6. The molecule has 1 aromatic heterocycles. The summed E-state index contributed by atoms with van der Waals surface area (Å²) in [6.45, 7) is 3.02. The van der Waals surface area contributed by atoms with Gasteiger partial charge in [0.05, 0.1) is 6.04 Å². The SMILES string of the molecule is C[C@H](c1ncc(-c2ccccc2)cn1)N1CCN(C2CCCC2)C(=O)C1=O. The number of carbonyl (C=O) groups excluding carboxylic acids is 2. The van der Waals surface area contributed by atoms with Crippen LogP contribution in [0.1, 0.15) is 44.5 Å². The molecule has 1 saturated heterocycles. The number of aromatic nitrogens is 2. The molecule has 6 heteroatoms. The topological polar surface area (TPSA) is 66.4 Å². The highest BCUT2D eigenvalue weighted by atomic mass is 16.2. The molecule has 1 aliphatic heterocycles. The average Bonchev–Trinajstić information content (AvgIpc) is 3.25. The summed E-state index contributed by atoms with van der Waals surface area (Å²) in [5.74, 6) is -0.248. The maximum absolute atomic E-state index is 12.7. The van der Waals surface area contributed by atoms with E-state index in [1.807, 2.05) is 37.3 Å². The lowest BCUT2D eigenvalue weighted by molar-refractivity contribution is -0.159. The number of carbonyl (C=O) groups is 2. The largest absolute Gasteiger partial charge is 0.330 e. The van der Waals surface area contributed by atoms with Crippen molar-refractivity contribution in [2.75, 3.05) is 13.1 Å².